The third kappa shape index (κ3) is 9.94. The summed E-state index contributed by atoms with van der Waals surface area (Å²) in [6.45, 7) is 10.6. The summed E-state index contributed by atoms with van der Waals surface area (Å²) in [7, 11) is 1.53. The number of rotatable bonds is 20. The lowest BCUT2D eigenvalue weighted by molar-refractivity contribution is -0.223. The molecule has 2 aromatic carbocycles. The average molecular weight is 799 g/mol. The number of aliphatic hydroxyl groups is 2. The molecular formula is C46H58N2O8S. The zero-order chi connectivity index (χ0) is 40.4. The van der Waals surface area contributed by atoms with Crippen LogP contribution < -0.4 is 14.2 Å². The lowest BCUT2D eigenvalue weighted by atomic mass is 9.56. The van der Waals surface area contributed by atoms with E-state index < -0.39 is 11.4 Å². The maximum Gasteiger partial charge on any atom is 0.230 e. The van der Waals surface area contributed by atoms with Crippen LogP contribution in [0.4, 0.5) is 0 Å². The summed E-state index contributed by atoms with van der Waals surface area (Å²) in [5.41, 5.74) is 4.11. The van der Waals surface area contributed by atoms with Gasteiger partial charge < -0.3 is 34.0 Å². The lowest BCUT2D eigenvalue weighted by Gasteiger charge is -2.58. The number of aromatic nitrogens is 1. The van der Waals surface area contributed by atoms with Crippen molar-refractivity contribution in [3.63, 3.8) is 0 Å². The largest absolute Gasteiger partial charge is 0.496 e. The van der Waals surface area contributed by atoms with E-state index in [-0.39, 0.29) is 42.1 Å². The number of methoxy groups -OCH3 is 1. The molecule has 1 aliphatic heterocycles. The number of allylic oxidation sites excluding steroid dienone is 1. The Kier molecular flexibility index (Phi) is 14.5. The minimum absolute atomic E-state index is 0.0789. The Bertz CT molecular complexity index is 1880. The van der Waals surface area contributed by atoms with Crippen LogP contribution in [-0.4, -0.2) is 76.5 Å². The lowest BCUT2D eigenvalue weighted by Crippen LogP contribution is -2.64. The zero-order valence-corrected chi connectivity index (χ0v) is 34.5. The maximum absolute atomic E-state index is 11.9. The molecule has 1 aromatic heterocycles. The van der Waals surface area contributed by atoms with Crippen LogP contribution in [0.3, 0.4) is 0 Å². The van der Waals surface area contributed by atoms with E-state index in [9.17, 15) is 15.0 Å². The predicted molar refractivity (Wildman–Crippen MR) is 225 cm³/mol. The van der Waals surface area contributed by atoms with Crippen molar-refractivity contribution in [2.24, 2.45) is 22.9 Å². The predicted octanol–water partition coefficient (Wildman–Crippen LogP) is 9.10. The van der Waals surface area contributed by atoms with Crippen LogP contribution in [0, 0.1) is 17.8 Å². The minimum Gasteiger partial charge on any atom is -0.496 e. The molecule has 2 N–H and O–H groups in total. The number of hydrogen-bond acceptors (Lipinski definition) is 11. The fourth-order valence-corrected chi connectivity index (χ4v) is 10.0. The fraction of sp³-hybridized carbons (Fsp3) is 0.500. The van der Waals surface area contributed by atoms with Crippen LogP contribution in [0.5, 0.6) is 23.0 Å². The Hall–Kier alpha value is -4.16. The Morgan fingerprint density at radius 3 is 2.46 bits per heavy atom. The van der Waals surface area contributed by atoms with E-state index in [0.717, 1.165) is 73.2 Å². The molecule has 6 rings (SSSR count). The SMILES string of the molecule is C=CCO[C@@]12Oc3ccc(Oc4ccc(OC)c(C=O)c4)cc3[C@H]3[C@H](CCCCO)[C@@H](CCCCO)C=C(C(=NOC(C)(C)C)C[C@@H]1SCCc1ccncc1)[C@H]32. The first-order valence-electron chi connectivity index (χ1n) is 20.2. The van der Waals surface area contributed by atoms with Crippen LogP contribution in [0.2, 0.25) is 0 Å². The number of aldehydes is 1. The Balaban J connectivity index is 1.52. The van der Waals surface area contributed by atoms with Crippen molar-refractivity contribution >= 4 is 23.8 Å². The molecule has 3 aliphatic rings. The number of hydrogen-bond donors (Lipinski definition) is 2. The number of thioether (sulfide) groups is 1. The number of benzene rings is 2. The van der Waals surface area contributed by atoms with Gasteiger partial charge in [-0.15, -0.1) is 6.58 Å². The van der Waals surface area contributed by atoms with Gasteiger partial charge in [0.2, 0.25) is 5.79 Å². The molecule has 1 fully saturated rings. The van der Waals surface area contributed by atoms with E-state index in [1.165, 1.54) is 12.7 Å². The summed E-state index contributed by atoms with van der Waals surface area (Å²) in [6, 6.07) is 15.3. The van der Waals surface area contributed by atoms with Gasteiger partial charge in [0.1, 0.15) is 28.6 Å². The van der Waals surface area contributed by atoms with Gasteiger partial charge in [-0.1, -0.05) is 30.1 Å². The molecule has 2 heterocycles. The van der Waals surface area contributed by atoms with Crippen LogP contribution in [0.15, 0.2) is 90.4 Å². The second kappa shape index (κ2) is 19.5. The Labute approximate surface area is 341 Å². The third-order valence-corrected chi connectivity index (χ3v) is 12.4. The molecule has 57 heavy (non-hydrogen) atoms. The van der Waals surface area contributed by atoms with Crippen molar-refractivity contribution in [1.29, 1.82) is 0 Å². The molecule has 6 atom stereocenters. The second-order valence-corrected chi connectivity index (χ2v) is 17.4. The number of aryl methyl sites for hydroxylation is 1. The molecule has 0 spiro atoms. The number of carbonyl (C=O) groups excluding carboxylic acids is 1. The normalized spacial score (nSPS) is 24.4. The first-order chi connectivity index (χ1) is 27.6. The first kappa shape index (κ1) is 42.4. The monoisotopic (exact) mass is 798 g/mol. The molecule has 0 amide bonds. The molecule has 306 valence electrons. The van der Waals surface area contributed by atoms with Gasteiger partial charge in [0, 0.05) is 43.5 Å². The number of pyridine rings is 1. The van der Waals surface area contributed by atoms with E-state index in [1.807, 2.05) is 57.1 Å². The number of nitrogens with zero attached hydrogens (tertiary/aromatic N) is 2. The van der Waals surface area contributed by atoms with Gasteiger partial charge >= 0.3 is 0 Å². The number of aliphatic hydroxyl groups excluding tert-OH is 2. The molecule has 3 aromatic rings. The van der Waals surface area contributed by atoms with Gasteiger partial charge in [-0.05, 0) is 130 Å². The van der Waals surface area contributed by atoms with Gasteiger partial charge in [-0.25, -0.2) is 0 Å². The van der Waals surface area contributed by atoms with Gasteiger partial charge in [-0.3, -0.25) is 9.78 Å². The molecule has 0 unspecified atom stereocenters. The standard InChI is InChI=1S/C46H58N2O8S/c1-6-24-53-46-42(57-25-19-31-17-20-47-21-18-31)29-39(48-56-45(2,3)4)37-27-32(11-7-9-22-49)36(12-8-10-23-50)43(44(37)46)38-28-35(14-16-41(38)55-46)54-34-13-15-40(52-5)33(26-34)30-51/h6,13-18,20-21,26-28,30,32,36,42-44,49-50H,1,7-12,19,22-25,29H2,2-5H3/t32-,36+,42-,43+,44+,46+/m0/s1. The summed E-state index contributed by atoms with van der Waals surface area (Å²) in [4.78, 5) is 22.3. The highest BCUT2D eigenvalue weighted by atomic mass is 32.2. The summed E-state index contributed by atoms with van der Waals surface area (Å²) in [5.74, 6) is 2.09. The summed E-state index contributed by atoms with van der Waals surface area (Å²) in [5, 5.41) is 24.5. The molecule has 0 radical (unpaired) electrons. The summed E-state index contributed by atoms with van der Waals surface area (Å²) < 4.78 is 26.2. The number of carbonyl (C=O) groups is 1. The molecule has 11 heteroatoms. The smallest absolute Gasteiger partial charge is 0.230 e. The molecule has 2 aliphatic carbocycles. The average Bonchev–Trinajstić information content (AvgIpc) is 3.21. The molecule has 0 saturated heterocycles. The van der Waals surface area contributed by atoms with E-state index in [4.69, 9.17) is 28.9 Å². The van der Waals surface area contributed by atoms with Crippen molar-refractivity contribution in [3.05, 3.63) is 102 Å². The second-order valence-electron chi connectivity index (χ2n) is 16.0. The van der Waals surface area contributed by atoms with Gasteiger partial charge in [0.25, 0.3) is 0 Å². The van der Waals surface area contributed by atoms with E-state index in [2.05, 4.69) is 35.8 Å². The summed E-state index contributed by atoms with van der Waals surface area (Å²) in [6.07, 6.45) is 15.0. The summed E-state index contributed by atoms with van der Waals surface area (Å²) >= 11 is 1.84. The van der Waals surface area contributed by atoms with Crippen molar-refractivity contribution in [2.75, 3.05) is 32.7 Å². The maximum atomic E-state index is 11.9. The van der Waals surface area contributed by atoms with Crippen LogP contribution in [0.1, 0.15) is 93.1 Å². The highest BCUT2D eigenvalue weighted by Crippen LogP contribution is 2.62. The van der Waals surface area contributed by atoms with Crippen molar-refractivity contribution in [1.82, 2.24) is 4.98 Å². The van der Waals surface area contributed by atoms with E-state index >= 15 is 0 Å². The third-order valence-electron chi connectivity index (χ3n) is 11.1. The Morgan fingerprint density at radius 2 is 1.75 bits per heavy atom. The highest BCUT2D eigenvalue weighted by molar-refractivity contribution is 8.00. The van der Waals surface area contributed by atoms with Crippen LogP contribution >= 0.6 is 11.8 Å². The molecular weight excluding hydrogens is 741 g/mol. The van der Waals surface area contributed by atoms with Gasteiger partial charge in [-0.2, -0.15) is 11.8 Å². The molecule has 1 saturated carbocycles. The number of ether oxygens (including phenoxy) is 4. The number of oxime groups is 1. The fourth-order valence-electron chi connectivity index (χ4n) is 8.60. The quantitative estimate of drug-likeness (QED) is 0.0495. The topological polar surface area (TPSA) is 129 Å². The van der Waals surface area contributed by atoms with Crippen LogP contribution in [-0.2, 0) is 16.0 Å². The van der Waals surface area contributed by atoms with E-state index in [1.54, 1.807) is 24.3 Å². The highest BCUT2D eigenvalue weighted by Gasteiger charge is 2.64. The number of unbranched alkanes of at least 4 members (excludes halogenated alkanes) is 2. The molecule has 0 bridgehead atoms. The van der Waals surface area contributed by atoms with E-state index in [0.29, 0.717) is 42.3 Å². The molecule has 10 nitrogen and oxygen atoms in total. The zero-order valence-electron chi connectivity index (χ0n) is 33.7. The van der Waals surface area contributed by atoms with Crippen LogP contribution in [0.25, 0.3) is 0 Å². The minimum atomic E-state index is -1.07. The van der Waals surface area contributed by atoms with Gasteiger partial charge in [0.05, 0.1) is 36.2 Å². The van der Waals surface area contributed by atoms with Crippen molar-refractivity contribution in [3.8, 4) is 23.0 Å². The first-order valence-corrected chi connectivity index (χ1v) is 21.3. The van der Waals surface area contributed by atoms with Gasteiger partial charge in [0.15, 0.2) is 6.29 Å². The van der Waals surface area contributed by atoms with Crippen molar-refractivity contribution in [2.45, 2.75) is 94.7 Å². The number of fused-ring (bicyclic) bond motifs is 2. The van der Waals surface area contributed by atoms with Crippen molar-refractivity contribution < 1.29 is 38.8 Å². The Morgan fingerprint density at radius 1 is 1.02 bits per heavy atom.